The molecule has 1 aliphatic rings. The Morgan fingerprint density at radius 2 is 1.48 bits per heavy atom. The van der Waals surface area contributed by atoms with Crippen molar-refractivity contribution in [3.05, 3.63) is 95.4 Å². The Morgan fingerprint density at radius 1 is 0.897 bits per heavy atom. The normalized spacial score (nSPS) is 15.5. The van der Waals surface area contributed by atoms with Crippen LogP contribution in [0.1, 0.15) is 33.5 Å². The topological polar surface area (TPSA) is 45.9 Å². The highest BCUT2D eigenvalue weighted by Gasteiger charge is 2.26. The fourth-order valence-electron chi connectivity index (χ4n) is 3.96. The van der Waals surface area contributed by atoms with E-state index in [4.69, 9.17) is 9.15 Å². The van der Waals surface area contributed by atoms with E-state index >= 15 is 0 Å². The van der Waals surface area contributed by atoms with Gasteiger partial charge in [-0.15, -0.1) is 0 Å². The van der Waals surface area contributed by atoms with Gasteiger partial charge in [0.2, 0.25) is 5.76 Å². The van der Waals surface area contributed by atoms with Crippen LogP contribution in [0.2, 0.25) is 0 Å². The molecular weight excluding hydrogens is 364 g/mol. The van der Waals surface area contributed by atoms with Crippen LogP contribution in [0.3, 0.4) is 0 Å². The predicted molar refractivity (Wildman–Crippen MR) is 112 cm³/mol. The van der Waals surface area contributed by atoms with Gasteiger partial charge in [-0.05, 0) is 23.3 Å². The summed E-state index contributed by atoms with van der Waals surface area (Å²) >= 11 is 0. The van der Waals surface area contributed by atoms with Crippen LogP contribution in [0.4, 0.5) is 0 Å². The molecule has 29 heavy (non-hydrogen) atoms. The number of ether oxygens (including phenoxy) is 1. The van der Waals surface area contributed by atoms with Crippen molar-refractivity contribution < 1.29 is 13.9 Å². The molecule has 0 bridgehead atoms. The van der Waals surface area contributed by atoms with Crippen LogP contribution in [0.5, 0.6) is 0 Å². The summed E-state index contributed by atoms with van der Waals surface area (Å²) in [5, 5.41) is 0. The van der Waals surface area contributed by atoms with Crippen molar-refractivity contribution in [1.82, 2.24) is 9.80 Å². The second kappa shape index (κ2) is 9.07. The molecule has 0 radical (unpaired) electrons. The van der Waals surface area contributed by atoms with Crippen LogP contribution in [-0.4, -0.2) is 49.1 Å². The maximum absolute atomic E-state index is 11.6. The lowest BCUT2D eigenvalue weighted by Crippen LogP contribution is -2.47. The van der Waals surface area contributed by atoms with Gasteiger partial charge in [0, 0.05) is 26.2 Å². The largest absolute Gasteiger partial charge is 0.463 e. The van der Waals surface area contributed by atoms with Gasteiger partial charge < -0.3 is 9.15 Å². The minimum Gasteiger partial charge on any atom is -0.463 e. The second-order valence-electron chi connectivity index (χ2n) is 7.29. The zero-order valence-electron chi connectivity index (χ0n) is 16.7. The first-order valence-corrected chi connectivity index (χ1v) is 9.98. The fourth-order valence-corrected chi connectivity index (χ4v) is 3.96. The highest BCUT2D eigenvalue weighted by atomic mass is 16.5. The van der Waals surface area contributed by atoms with Crippen molar-refractivity contribution in [2.45, 2.75) is 12.6 Å². The molecule has 1 saturated heterocycles. The number of rotatable bonds is 6. The van der Waals surface area contributed by atoms with E-state index < -0.39 is 5.97 Å². The Bertz CT molecular complexity index is 876. The third-order valence-corrected chi connectivity index (χ3v) is 5.43. The number of methoxy groups -OCH3 is 1. The molecule has 1 aliphatic heterocycles. The van der Waals surface area contributed by atoms with Gasteiger partial charge in [-0.2, -0.15) is 0 Å². The molecule has 4 rings (SSSR count). The van der Waals surface area contributed by atoms with Gasteiger partial charge >= 0.3 is 5.97 Å². The molecule has 0 spiro atoms. The first-order valence-electron chi connectivity index (χ1n) is 9.98. The monoisotopic (exact) mass is 390 g/mol. The van der Waals surface area contributed by atoms with Crippen LogP contribution >= 0.6 is 0 Å². The fraction of sp³-hybridized carbons (Fsp3) is 0.292. The molecule has 0 atom stereocenters. The molecule has 0 unspecified atom stereocenters. The molecule has 2 aromatic carbocycles. The van der Waals surface area contributed by atoms with E-state index in [1.807, 2.05) is 6.07 Å². The highest BCUT2D eigenvalue weighted by molar-refractivity contribution is 5.86. The minimum atomic E-state index is -0.436. The molecular formula is C24H26N2O3. The van der Waals surface area contributed by atoms with Gasteiger partial charge in [0.05, 0.1) is 19.7 Å². The van der Waals surface area contributed by atoms with Crippen molar-refractivity contribution in [3.63, 3.8) is 0 Å². The Kier molecular flexibility index (Phi) is 6.08. The number of nitrogens with zero attached hydrogens (tertiary/aromatic N) is 2. The predicted octanol–water partition coefficient (Wildman–Crippen LogP) is 3.97. The van der Waals surface area contributed by atoms with Crippen LogP contribution in [0.25, 0.3) is 0 Å². The van der Waals surface area contributed by atoms with Crippen LogP contribution in [-0.2, 0) is 11.3 Å². The van der Waals surface area contributed by atoms with Gasteiger partial charge in [-0.25, -0.2) is 4.79 Å². The number of hydrogen-bond donors (Lipinski definition) is 0. The van der Waals surface area contributed by atoms with Gasteiger partial charge in [0.15, 0.2) is 0 Å². The summed E-state index contributed by atoms with van der Waals surface area (Å²) in [6, 6.07) is 25.2. The smallest absolute Gasteiger partial charge is 0.373 e. The van der Waals surface area contributed by atoms with Crippen molar-refractivity contribution in [2.24, 2.45) is 0 Å². The van der Waals surface area contributed by atoms with Crippen molar-refractivity contribution in [2.75, 3.05) is 33.3 Å². The van der Waals surface area contributed by atoms with Crippen LogP contribution < -0.4 is 0 Å². The molecule has 0 saturated carbocycles. The minimum absolute atomic E-state index is 0.258. The number of carbonyl (C=O) groups is 1. The number of benzene rings is 2. The third-order valence-electron chi connectivity index (χ3n) is 5.43. The zero-order valence-corrected chi connectivity index (χ0v) is 16.7. The van der Waals surface area contributed by atoms with E-state index in [-0.39, 0.29) is 11.8 Å². The van der Waals surface area contributed by atoms with E-state index in [1.54, 1.807) is 6.07 Å². The molecule has 0 amide bonds. The first kappa shape index (κ1) is 19.4. The van der Waals surface area contributed by atoms with Crippen molar-refractivity contribution >= 4 is 5.97 Å². The third kappa shape index (κ3) is 4.58. The summed E-state index contributed by atoms with van der Waals surface area (Å²) in [5.74, 6) is 0.616. The lowest BCUT2D eigenvalue weighted by molar-refractivity contribution is 0.0558. The molecule has 150 valence electrons. The molecule has 1 fully saturated rings. The van der Waals surface area contributed by atoms with E-state index in [2.05, 4.69) is 70.5 Å². The van der Waals surface area contributed by atoms with Gasteiger partial charge in [-0.3, -0.25) is 9.80 Å². The lowest BCUT2D eigenvalue weighted by Gasteiger charge is -2.39. The summed E-state index contributed by atoms with van der Waals surface area (Å²) in [6.07, 6.45) is 0. The molecule has 0 aliphatic carbocycles. The standard InChI is InChI=1S/C24H26N2O3/c1-28-24(27)22-13-12-21(29-22)18-25-14-16-26(17-15-25)23(19-8-4-2-5-9-19)20-10-6-3-7-11-20/h2-13,23H,14-18H2,1H3. The van der Waals surface area contributed by atoms with Gasteiger partial charge in [-0.1, -0.05) is 60.7 Å². The Balaban J connectivity index is 1.43. The van der Waals surface area contributed by atoms with E-state index in [0.29, 0.717) is 6.54 Å². The molecule has 1 aromatic heterocycles. The number of piperazine rings is 1. The average Bonchev–Trinajstić information content (AvgIpc) is 3.25. The quantitative estimate of drug-likeness (QED) is 0.596. The molecule has 3 aromatic rings. The zero-order chi connectivity index (χ0) is 20.1. The van der Waals surface area contributed by atoms with Gasteiger partial charge in [0.25, 0.3) is 0 Å². The van der Waals surface area contributed by atoms with E-state index in [9.17, 15) is 4.79 Å². The number of carbonyl (C=O) groups excluding carboxylic acids is 1. The number of esters is 1. The summed E-state index contributed by atoms with van der Waals surface area (Å²) < 4.78 is 10.3. The van der Waals surface area contributed by atoms with E-state index in [0.717, 1.165) is 31.9 Å². The summed E-state index contributed by atoms with van der Waals surface area (Å²) in [6.45, 7) is 4.54. The summed E-state index contributed by atoms with van der Waals surface area (Å²) in [7, 11) is 1.36. The summed E-state index contributed by atoms with van der Waals surface area (Å²) in [5.41, 5.74) is 2.64. The van der Waals surface area contributed by atoms with E-state index in [1.165, 1.54) is 18.2 Å². The molecule has 0 N–H and O–H groups in total. The first-order chi connectivity index (χ1) is 14.2. The Hall–Kier alpha value is -2.89. The Morgan fingerprint density at radius 3 is 2.03 bits per heavy atom. The molecule has 5 heteroatoms. The van der Waals surface area contributed by atoms with Crippen LogP contribution in [0, 0.1) is 0 Å². The van der Waals surface area contributed by atoms with Crippen molar-refractivity contribution in [3.8, 4) is 0 Å². The summed E-state index contributed by atoms with van der Waals surface area (Å²) in [4.78, 5) is 16.5. The Labute approximate surface area is 171 Å². The van der Waals surface area contributed by atoms with Crippen LogP contribution in [0.15, 0.2) is 77.2 Å². The SMILES string of the molecule is COC(=O)c1ccc(CN2CCN(C(c3ccccc3)c3ccccc3)CC2)o1. The highest BCUT2D eigenvalue weighted by Crippen LogP contribution is 2.29. The molecule has 5 nitrogen and oxygen atoms in total. The lowest BCUT2D eigenvalue weighted by atomic mass is 9.96. The maximum Gasteiger partial charge on any atom is 0.373 e. The number of hydrogen-bond acceptors (Lipinski definition) is 5. The number of furan rings is 1. The van der Waals surface area contributed by atoms with Crippen molar-refractivity contribution in [1.29, 1.82) is 0 Å². The van der Waals surface area contributed by atoms with Gasteiger partial charge in [0.1, 0.15) is 5.76 Å². The average molecular weight is 390 g/mol. The second-order valence-corrected chi connectivity index (χ2v) is 7.29. The maximum atomic E-state index is 11.6. The molecule has 2 heterocycles.